The smallest absolute Gasteiger partial charge is 0.0865 e. The molecule has 2 spiro atoms. The van der Waals surface area contributed by atoms with Gasteiger partial charge in [-0.05, 0) is 117 Å². The second kappa shape index (κ2) is 6.86. The van der Waals surface area contributed by atoms with Crippen molar-refractivity contribution < 1.29 is 25.2 Å². The van der Waals surface area contributed by atoms with E-state index in [2.05, 4.69) is 34.6 Å². The number of aliphatic hydroxyl groups is 4. The van der Waals surface area contributed by atoms with Crippen LogP contribution in [0.5, 0.6) is 0 Å². The van der Waals surface area contributed by atoms with Crippen molar-refractivity contribution in [3.05, 3.63) is 0 Å². The first-order valence-electron chi connectivity index (χ1n) is 14.4. The van der Waals surface area contributed by atoms with Gasteiger partial charge in [0.25, 0.3) is 0 Å². The summed E-state index contributed by atoms with van der Waals surface area (Å²) in [6.45, 7) is 15.0. The topological polar surface area (TPSA) is 90.2 Å². The zero-order chi connectivity index (χ0) is 25.6. The molecule has 5 heteroatoms. The number of hydrogen-bond donors (Lipinski definition) is 4. The van der Waals surface area contributed by atoms with Gasteiger partial charge < -0.3 is 25.2 Å². The van der Waals surface area contributed by atoms with Gasteiger partial charge in [0.15, 0.2) is 0 Å². The molecule has 0 amide bonds. The Morgan fingerprint density at radius 3 is 2.09 bits per heavy atom. The van der Waals surface area contributed by atoms with Crippen LogP contribution in [0.15, 0.2) is 0 Å². The highest BCUT2D eigenvalue weighted by molar-refractivity contribution is 5.33. The molecule has 3 unspecified atom stereocenters. The second-order valence-electron chi connectivity index (χ2n) is 15.9. The van der Waals surface area contributed by atoms with Crippen LogP contribution in [-0.2, 0) is 4.74 Å². The van der Waals surface area contributed by atoms with Crippen LogP contribution >= 0.6 is 0 Å². The van der Waals surface area contributed by atoms with Crippen molar-refractivity contribution in [3.63, 3.8) is 0 Å². The predicted molar refractivity (Wildman–Crippen MR) is 134 cm³/mol. The molecule has 200 valence electrons. The minimum atomic E-state index is -0.886. The fourth-order valence-electron chi connectivity index (χ4n) is 12.1. The Morgan fingerprint density at radius 2 is 1.46 bits per heavy atom. The quantitative estimate of drug-likeness (QED) is 0.460. The van der Waals surface area contributed by atoms with Gasteiger partial charge in [-0.15, -0.1) is 0 Å². The number of hydrogen-bond acceptors (Lipinski definition) is 5. The molecule has 1 heterocycles. The summed E-state index contributed by atoms with van der Waals surface area (Å²) >= 11 is 0. The molecule has 6 fully saturated rings. The maximum Gasteiger partial charge on any atom is 0.0865 e. The van der Waals surface area contributed by atoms with Gasteiger partial charge in [-0.25, -0.2) is 0 Å². The minimum absolute atomic E-state index is 0.0267. The molecule has 5 aliphatic carbocycles. The van der Waals surface area contributed by atoms with Crippen LogP contribution in [0.1, 0.15) is 106 Å². The lowest BCUT2D eigenvalue weighted by Crippen LogP contribution is -2.62. The lowest BCUT2D eigenvalue weighted by Gasteiger charge is -2.64. The molecule has 0 bridgehead atoms. The SMILES string of the molecule is CC(C)(O)[C@@H]1CC[C@](C)([C@H]2[C@@H](O)C[C@@]3(C)C4C[C@H](O)[C@H]5C(C)(C)[C@@H](O)CCC56CC46CC[C@]23C)O1. The van der Waals surface area contributed by atoms with Crippen LogP contribution in [0.25, 0.3) is 0 Å². The van der Waals surface area contributed by atoms with Crippen LogP contribution in [0.4, 0.5) is 0 Å². The molecule has 6 aliphatic rings. The molecule has 0 aromatic heterocycles. The Kier molecular flexibility index (Phi) is 4.92. The third-order valence-corrected chi connectivity index (χ3v) is 13.8. The number of fused-ring (bicyclic) bond motifs is 2. The van der Waals surface area contributed by atoms with E-state index in [-0.39, 0.29) is 51.1 Å². The van der Waals surface area contributed by atoms with Gasteiger partial charge in [-0.1, -0.05) is 27.7 Å². The summed E-state index contributed by atoms with van der Waals surface area (Å²) in [5.74, 6) is 0.577. The maximum atomic E-state index is 11.7. The maximum absolute atomic E-state index is 11.7. The zero-order valence-electron chi connectivity index (χ0n) is 23.1. The summed E-state index contributed by atoms with van der Waals surface area (Å²) in [6.07, 6.45) is 7.18. The van der Waals surface area contributed by atoms with Gasteiger partial charge in [-0.2, -0.15) is 0 Å². The van der Waals surface area contributed by atoms with Gasteiger partial charge in [0, 0.05) is 5.92 Å². The number of rotatable bonds is 2. The largest absolute Gasteiger partial charge is 0.393 e. The molecule has 6 rings (SSSR count). The molecule has 4 N–H and O–H groups in total. The van der Waals surface area contributed by atoms with E-state index in [0.717, 1.165) is 51.4 Å². The molecule has 0 aromatic rings. The first-order valence-corrected chi connectivity index (χ1v) is 14.4. The normalized spacial score (nSPS) is 60.9. The Bertz CT molecular complexity index is 911. The van der Waals surface area contributed by atoms with E-state index in [4.69, 9.17) is 4.74 Å². The Balaban J connectivity index is 1.37. The lowest BCUT2D eigenvalue weighted by molar-refractivity contribution is -0.213. The van der Waals surface area contributed by atoms with Crippen molar-refractivity contribution in [2.45, 2.75) is 142 Å². The van der Waals surface area contributed by atoms with Crippen LogP contribution in [0.2, 0.25) is 0 Å². The van der Waals surface area contributed by atoms with E-state index in [1.54, 1.807) is 0 Å². The molecule has 12 atom stereocenters. The monoisotopic (exact) mass is 490 g/mol. The van der Waals surface area contributed by atoms with Gasteiger partial charge in [0.1, 0.15) is 0 Å². The van der Waals surface area contributed by atoms with Crippen molar-refractivity contribution in [2.24, 2.45) is 44.8 Å². The third kappa shape index (κ3) is 2.78. The van der Waals surface area contributed by atoms with Gasteiger partial charge in [-0.3, -0.25) is 0 Å². The summed E-state index contributed by atoms with van der Waals surface area (Å²) in [6, 6.07) is 0. The Hall–Kier alpha value is -0.200. The lowest BCUT2D eigenvalue weighted by atomic mass is 9.41. The summed E-state index contributed by atoms with van der Waals surface area (Å²) in [7, 11) is 0. The average molecular weight is 491 g/mol. The van der Waals surface area contributed by atoms with Crippen LogP contribution < -0.4 is 0 Å². The molecule has 0 radical (unpaired) electrons. The van der Waals surface area contributed by atoms with Gasteiger partial charge >= 0.3 is 0 Å². The van der Waals surface area contributed by atoms with Crippen molar-refractivity contribution in [2.75, 3.05) is 0 Å². The van der Waals surface area contributed by atoms with E-state index in [1.807, 2.05) is 13.8 Å². The van der Waals surface area contributed by atoms with E-state index >= 15 is 0 Å². The van der Waals surface area contributed by atoms with E-state index in [1.165, 1.54) is 6.42 Å². The number of ether oxygens (including phenoxy) is 1. The number of aliphatic hydroxyl groups excluding tert-OH is 3. The predicted octanol–water partition coefficient (Wildman–Crippen LogP) is 4.44. The first kappa shape index (κ1) is 25.1. The standard InChI is InChI=1S/C30H50O5/c1-24(2)20(33)8-11-30-16-29(30)13-12-26(5)23(28(7)10-9-21(35-28)25(3,4)34)18(32)15-27(26,6)19(29)14-17(31)22(24)30/h17-23,31-34H,8-16H2,1-7H3/t17-,18-,19?,20-,21-,22-,23-,26+,27-,28+,29?,30?/m0/s1. The van der Waals surface area contributed by atoms with Gasteiger partial charge in [0.2, 0.25) is 0 Å². The molecule has 5 saturated carbocycles. The Labute approximate surface area is 212 Å². The molecule has 0 aromatic carbocycles. The summed E-state index contributed by atoms with van der Waals surface area (Å²) in [4.78, 5) is 0. The fraction of sp³-hybridized carbons (Fsp3) is 1.00. The Morgan fingerprint density at radius 1 is 0.771 bits per heavy atom. The third-order valence-electron chi connectivity index (χ3n) is 13.8. The molecular weight excluding hydrogens is 440 g/mol. The highest BCUT2D eigenvalue weighted by atomic mass is 16.5. The summed E-state index contributed by atoms with van der Waals surface area (Å²) < 4.78 is 6.66. The van der Waals surface area contributed by atoms with E-state index in [9.17, 15) is 20.4 Å². The van der Waals surface area contributed by atoms with Gasteiger partial charge in [0.05, 0.1) is 35.6 Å². The van der Waals surface area contributed by atoms with Crippen LogP contribution in [-0.4, -0.2) is 56.0 Å². The van der Waals surface area contributed by atoms with Crippen LogP contribution in [0, 0.1) is 44.8 Å². The van der Waals surface area contributed by atoms with Crippen LogP contribution in [0.3, 0.4) is 0 Å². The first-order chi connectivity index (χ1) is 16.0. The molecule has 35 heavy (non-hydrogen) atoms. The molecule has 1 aliphatic heterocycles. The zero-order valence-corrected chi connectivity index (χ0v) is 23.1. The fourth-order valence-corrected chi connectivity index (χ4v) is 12.1. The molecule has 5 nitrogen and oxygen atoms in total. The van der Waals surface area contributed by atoms with E-state index in [0.29, 0.717) is 5.92 Å². The highest BCUT2D eigenvalue weighted by Gasteiger charge is 2.84. The second-order valence-corrected chi connectivity index (χ2v) is 15.9. The van der Waals surface area contributed by atoms with E-state index < -0.39 is 23.4 Å². The van der Waals surface area contributed by atoms with Crippen molar-refractivity contribution in [1.29, 1.82) is 0 Å². The van der Waals surface area contributed by atoms with Crippen molar-refractivity contribution >= 4 is 0 Å². The molecular formula is C30H50O5. The average Bonchev–Trinajstić information content (AvgIpc) is 3.08. The minimum Gasteiger partial charge on any atom is -0.393 e. The molecule has 1 saturated heterocycles. The summed E-state index contributed by atoms with van der Waals surface area (Å²) in [5.41, 5.74) is -1.35. The van der Waals surface area contributed by atoms with Crippen molar-refractivity contribution in [1.82, 2.24) is 0 Å². The van der Waals surface area contributed by atoms with Crippen molar-refractivity contribution in [3.8, 4) is 0 Å². The highest BCUT2D eigenvalue weighted by Crippen LogP contribution is 2.89. The summed E-state index contributed by atoms with van der Waals surface area (Å²) in [5, 5.41) is 45.0.